The van der Waals surface area contributed by atoms with Crippen LogP contribution in [0, 0.1) is 0 Å². The van der Waals surface area contributed by atoms with Crippen LogP contribution in [0.15, 0.2) is 12.3 Å². The van der Waals surface area contributed by atoms with Crippen molar-refractivity contribution in [2.75, 3.05) is 18.9 Å². The molecule has 1 aliphatic rings. The van der Waals surface area contributed by atoms with E-state index in [-0.39, 0.29) is 11.6 Å². The minimum Gasteiger partial charge on any atom is -0.383 e. The number of nitrogens with two attached hydrogens (primary N) is 1. The summed E-state index contributed by atoms with van der Waals surface area (Å²) in [6.07, 6.45) is 7.14. The summed E-state index contributed by atoms with van der Waals surface area (Å²) in [4.78, 5) is 4.22. The Bertz CT molecular complexity index is 461. The second-order valence-electron chi connectivity index (χ2n) is 5.72. The van der Waals surface area contributed by atoms with E-state index in [1.165, 1.54) is 12.8 Å². The first-order valence-corrected chi connectivity index (χ1v) is 8.29. The quantitative estimate of drug-likeness (QED) is 0.806. The number of ether oxygens (including phenoxy) is 1. The molecule has 5 heteroatoms. The molecule has 0 bridgehead atoms. The molecular formula is C16H26ClN3O. The van der Waals surface area contributed by atoms with Crippen LogP contribution in [0.25, 0.3) is 0 Å². The van der Waals surface area contributed by atoms with Crippen LogP contribution < -0.4 is 11.1 Å². The number of hydrogen-bond acceptors (Lipinski definition) is 4. The second kappa shape index (κ2) is 7.43. The van der Waals surface area contributed by atoms with E-state index in [4.69, 9.17) is 22.1 Å². The Morgan fingerprint density at radius 1 is 1.43 bits per heavy atom. The number of halogens is 1. The molecule has 3 N–H and O–H groups in total. The van der Waals surface area contributed by atoms with E-state index in [2.05, 4.69) is 24.1 Å². The lowest BCUT2D eigenvalue weighted by atomic mass is 9.86. The first kappa shape index (κ1) is 16.5. The Hall–Kier alpha value is -0.840. The van der Waals surface area contributed by atoms with Gasteiger partial charge in [0.05, 0.1) is 16.7 Å². The normalized spacial score (nSPS) is 18.8. The Labute approximate surface area is 132 Å². The lowest BCUT2D eigenvalue weighted by molar-refractivity contribution is -0.0624. The molecule has 4 nitrogen and oxygen atoms in total. The molecule has 118 valence electrons. The van der Waals surface area contributed by atoms with E-state index in [0.717, 1.165) is 31.4 Å². The summed E-state index contributed by atoms with van der Waals surface area (Å²) >= 11 is 6.14. The highest BCUT2D eigenvalue weighted by Gasteiger charge is 2.43. The molecule has 1 saturated carbocycles. The number of nitrogens with one attached hydrogen (secondary N) is 1. The minimum absolute atomic E-state index is 0.0473. The monoisotopic (exact) mass is 311 g/mol. The maximum atomic E-state index is 6.21. The fourth-order valence-electron chi connectivity index (χ4n) is 3.34. The van der Waals surface area contributed by atoms with Crippen LogP contribution in [0.5, 0.6) is 0 Å². The predicted octanol–water partition coefficient (Wildman–Crippen LogP) is 3.71. The van der Waals surface area contributed by atoms with Gasteiger partial charge in [0.2, 0.25) is 0 Å². The molecule has 1 heterocycles. The molecule has 1 unspecified atom stereocenters. The van der Waals surface area contributed by atoms with E-state index in [9.17, 15) is 0 Å². The van der Waals surface area contributed by atoms with Crippen LogP contribution in [-0.2, 0) is 4.74 Å². The van der Waals surface area contributed by atoms with Gasteiger partial charge in [0, 0.05) is 18.4 Å². The van der Waals surface area contributed by atoms with Gasteiger partial charge in [-0.1, -0.05) is 31.4 Å². The first-order chi connectivity index (χ1) is 10.1. The molecule has 1 aromatic heterocycles. The van der Waals surface area contributed by atoms with Crippen molar-refractivity contribution in [2.24, 2.45) is 0 Å². The van der Waals surface area contributed by atoms with Gasteiger partial charge in [0.15, 0.2) is 0 Å². The van der Waals surface area contributed by atoms with Crippen LogP contribution >= 0.6 is 11.6 Å². The van der Waals surface area contributed by atoms with Gasteiger partial charge in [0.25, 0.3) is 0 Å². The Balaban J connectivity index is 2.38. The fraction of sp³-hybridized carbons (Fsp3) is 0.688. The summed E-state index contributed by atoms with van der Waals surface area (Å²) in [5.41, 5.74) is 6.89. The molecule has 0 saturated heterocycles. The minimum atomic E-state index is -0.190. The molecule has 0 spiro atoms. The Morgan fingerprint density at radius 3 is 2.76 bits per heavy atom. The Kier molecular flexibility index (Phi) is 5.85. The standard InChI is InChI=1S/C16H26ClN3O/c1-3-9-19-14(13-10-12(17)11-20-15(13)18)16(21-4-2)7-5-6-8-16/h10-11,14,19H,3-9H2,1-2H3,(H2,18,20). The van der Waals surface area contributed by atoms with Crippen LogP contribution in [0.4, 0.5) is 5.82 Å². The summed E-state index contributed by atoms with van der Waals surface area (Å²) in [6, 6.07) is 1.97. The summed E-state index contributed by atoms with van der Waals surface area (Å²) < 4.78 is 6.21. The SMILES string of the molecule is CCCNC(c1cc(Cl)cnc1N)C1(OCC)CCCC1. The van der Waals surface area contributed by atoms with Gasteiger partial charge >= 0.3 is 0 Å². The van der Waals surface area contributed by atoms with Crippen molar-refractivity contribution in [2.45, 2.75) is 57.6 Å². The van der Waals surface area contributed by atoms with Crippen LogP contribution in [0.3, 0.4) is 0 Å². The highest BCUT2D eigenvalue weighted by molar-refractivity contribution is 6.30. The molecule has 1 aromatic rings. The third-order valence-electron chi connectivity index (χ3n) is 4.23. The maximum absolute atomic E-state index is 6.21. The molecule has 1 atom stereocenters. The highest BCUT2D eigenvalue weighted by Crippen LogP contribution is 2.44. The second-order valence-corrected chi connectivity index (χ2v) is 6.16. The third-order valence-corrected chi connectivity index (χ3v) is 4.44. The van der Waals surface area contributed by atoms with Gasteiger partial charge in [-0.05, 0) is 38.8 Å². The number of pyridine rings is 1. The topological polar surface area (TPSA) is 60.2 Å². The molecular weight excluding hydrogens is 286 g/mol. The van der Waals surface area contributed by atoms with E-state index in [1.807, 2.05) is 6.07 Å². The number of nitrogens with zero attached hydrogens (tertiary/aromatic N) is 1. The number of hydrogen-bond donors (Lipinski definition) is 2. The average molecular weight is 312 g/mol. The number of aromatic nitrogens is 1. The molecule has 0 aliphatic heterocycles. The van der Waals surface area contributed by atoms with Crippen molar-refractivity contribution >= 4 is 17.4 Å². The smallest absolute Gasteiger partial charge is 0.128 e. The van der Waals surface area contributed by atoms with Crippen LogP contribution in [-0.4, -0.2) is 23.7 Å². The van der Waals surface area contributed by atoms with Crippen molar-refractivity contribution in [3.05, 3.63) is 22.8 Å². The zero-order chi connectivity index (χ0) is 15.3. The molecule has 1 fully saturated rings. The maximum Gasteiger partial charge on any atom is 0.128 e. The van der Waals surface area contributed by atoms with Gasteiger partial charge in [0.1, 0.15) is 5.82 Å². The summed E-state index contributed by atoms with van der Waals surface area (Å²) in [6.45, 7) is 5.84. The predicted molar refractivity (Wildman–Crippen MR) is 87.5 cm³/mol. The molecule has 0 aromatic carbocycles. The van der Waals surface area contributed by atoms with Crippen molar-refractivity contribution in [1.82, 2.24) is 10.3 Å². The van der Waals surface area contributed by atoms with Crippen molar-refractivity contribution in [3.63, 3.8) is 0 Å². The largest absolute Gasteiger partial charge is 0.383 e. The molecule has 0 radical (unpaired) electrons. The van der Waals surface area contributed by atoms with Gasteiger partial charge in [-0.3, -0.25) is 0 Å². The van der Waals surface area contributed by atoms with E-state index in [1.54, 1.807) is 6.20 Å². The highest BCUT2D eigenvalue weighted by atomic mass is 35.5. The van der Waals surface area contributed by atoms with Crippen LogP contribution in [0.1, 0.15) is 57.6 Å². The first-order valence-electron chi connectivity index (χ1n) is 7.91. The van der Waals surface area contributed by atoms with Crippen molar-refractivity contribution < 1.29 is 4.74 Å². The van der Waals surface area contributed by atoms with Gasteiger partial charge in [-0.2, -0.15) is 0 Å². The fourth-order valence-corrected chi connectivity index (χ4v) is 3.51. The summed E-state index contributed by atoms with van der Waals surface area (Å²) in [5.74, 6) is 0.541. The van der Waals surface area contributed by atoms with Crippen molar-refractivity contribution in [3.8, 4) is 0 Å². The van der Waals surface area contributed by atoms with E-state index in [0.29, 0.717) is 17.4 Å². The summed E-state index contributed by atoms with van der Waals surface area (Å²) in [7, 11) is 0. The summed E-state index contributed by atoms with van der Waals surface area (Å²) in [5, 5.41) is 4.24. The lowest BCUT2D eigenvalue weighted by Crippen LogP contribution is -2.45. The number of rotatable bonds is 7. The van der Waals surface area contributed by atoms with Crippen molar-refractivity contribution in [1.29, 1.82) is 0 Å². The van der Waals surface area contributed by atoms with Gasteiger partial charge in [-0.25, -0.2) is 4.98 Å². The van der Waals surface area contributed by atoms with E-state index >= 15 is 0 Å². The molecule has 2 rings (SSSR count). The third kappa shape index (κ3) is 3.68. The van der Waals surface area contributed by atoms with Crippen LogP contribution in [0.2, 0.25) is 5.02 Å². The van der Waals surface area contributed by atoms with Gasteiger partial charge in [-0.15, -0.1) is 0 Å². The molecule has 21 heavy (non-hydrogen) atoms. The lowest BCUT2D eigenvalue weighted by Gasteiger charge is -2.38. The zero-order valence-corrected chi connectivity index (χ0v) is 13.7. The molecule has 1 aliphatic carbocycles. The average Bonchev–Trinajstić information content (AvgIpc) is 2.93. The van der Waals surface area contributed by atoms with E-state index < -0.39 is 0 Å². The zero-order valence-electron chi connectivity index (χ0n) is 13.0. The number of nitrogen functional groups attached to an aromatic ring is 1. The van der Waals surface area contributed by atoms with Gasteiger partial charge < -0.3 is 15.8 Å². The molecule has 0 amide bonds. The Morgan fingerprint density at radius 2 is 2.14 bits per heavy atom. The number of anilines is 1.